The first-order valence-electron chi connectivity index (χ1n) is 6.32. The summed E-state index contributed by atoms with van der Waals surface area (Å²) in [5.74, 6) is 0.117. The number of thiophene rings is 1. The van der Waals surface area contributed by atoms with E-state index < -0.39 is 0 Å². The molecule has 1 amide bonds. The van der Waals surface area contributed by atoms with E-state index in [9.17, 15) is 4.79 Å². The van der Waals surface area contributed by atoms with Crippen molar-refractivity contribution in [2.45, 2.75) is 45.2 Å². The van der Waals surface area contributed by atoms with Gasteiger partial charge in [0.2, 0.25) is 5.91 Å². The van der Waals surface area contributed by atoms with Crippen LogP contribution >= 0.6 is 11.3 Å². The molecule has 2 heterocycles. The molecule has 17 heavy (non-hydrogen) atoms. The minimum atomic E-state index is -0.319. The number of carbonyl (C=O) groups excluding carboxylic acids is 1. The minimum absolute atomic E-state index is 0.117. The SMILES string of the molecule is CCC[C@H](N)C(=O)N1CCCc2sccc2C1. The van der Waals surface area contributed by atoms with Gasteiger partial charge in [-0.2, -0.15) is 0 Å². The number of nitrogens with two attached hydrogens (primary N) is 1. The van der Waals surface area contributed by atoms with Gasteiger partial charge in [-0.05, 0) is 36.3 Å². The van der Waals surface area contributed by atoms with Crippen LogP contribution in [0.25, 0.3) is 0 Å². The van der Waals surface area contributed by atoms with Crippen molar-refractivity contribution >= 4 is 17.2 Å². The van der Waals surface area contributed by atoms with Gasteiger partial charge in [-0.3, -0.25) is 4.79 Å². The minimum Gasteiger partial charge on any atom is -0.337 e. The van der Waals surface area contributed by atoms with Crippen LogP contribution in [0, 0.1) is 0 Å². The Morgan fingerprint density at radius 3 is 3.24 bits per heavy atom. The topological polar surface area (TPSA) is 46.3 Å². The van der Waals surface area contributed by atoms with E-state index in [4.69, 9.17) is 5.73 Å². The van der Waals surface area contributed by atoms with Crippen molar-refractivity contribution in [1.29, 1.82) is 0 Å². The second-order valence-electron chi connectivity index (χ2n) is 4.63. The third-order valence-electron chi connectivity index (χ3n) is 3.26. The lowest BCUT2D eigenvalue weighted by Crippen LogP contribution is -2.43. The maximum Gasteiger partial charge on any atom is 0.239 e. The van der Waals surface area contributed by atoms with Crippen LogP contribution in [0.15, 0.2) is 11.4 Å². The van der Waals surface area contributed by atoms with E-state index in [0.29, 0.717) is 0 Å². The first kappa shape index (κ1) is 12.6. The summed E-state index contributed by atoms with van der Waals surface area (Å²) in [6, 6.07) is 1.82. The Morgan fingerprint density at radius 2 is 2.47 bits per heavy atom. The van der Waals surface area contributed by atoms with Gasteiger partial charge in [0.1, 0.15) is 0 Å². The highest BCUT2D eigenvalue weighted by molar-refractivity contribution is 7.10. The molecular weight excluding hydrogens is 232 g/mol. The lowest BCUT2D eigenvalue weighted by molar-refractivity contribution is -0.133. The van der Waals surface area contributed by atoms with Crippen LogP contribution in [0.2, 0.25) is 0 Å². The Bertz CT molecular complexity index is 389. The summed E-state index contributed by atoms with van der Waals surface area (Å²) in [6.45, 7) is 3.65. The summed E-state index contributed by atoms with van der Waals surface area (Å²) in [6.07, 6.45) is 3.90. The zero-order valence-corrected chi connectivity index (χ0v) is 11.1. The summed E-state index contributed by atoms with van der Waals surface area (Å²) in [5.41, 5.74) is 7.23. The van der Waals surface area contributed by atoms with Gasteiger partial charge < -0.3 is 10.6 Å². The van der Waals surface area contributed by atoms with Gasteiger partial charge in [-0.25, -0.2) is 0 Å². The van der Waals surface area contributed by atoms with Crippen molar-refractivity contribution in [3.8, 4) is 0 Å². The van der Waals surface area contributed by atoms with Gasteiger partial charge in [0, 0.05) is 18.0 Å². The average Bonchev–Trinajstić information content (AvgIpc) is 2.66. The van der Waals surface area contributed by atoms with Crippen LogP contribution in [-0.4, -0.2) is 23.4 Å². The second-order valence-corrected chi connectivity index (χ2v) is 5.63. The monoisotopic (exact) mass is 252 g/mol. The smallest absolute Gasteiger partial charge is 0.239 e. The highest BCUT2D eigenvalue weighted by atomic mass is 32.1. The maximum atomic E-state index is 12.2. The third-order valence-corrected chi connectivity index (χ3v) is 4.28. The van der Waals surface area contributed by atoms with Gasteiger partial charge in [0.15, 0.2) is 0 Å². The predicted octanol–water partition coefficient (Wildman–Crippen LogP) is 2.15. The molecule has 0 fully saturated rings. The molecule has 0 aromatic carbocycles. The van der Waals surface area contributed by atoms with Crippen LogP contribution in [0.5, 0.6) is 0 Å². The van der Waals surface area contributed by atoms with Crippen molar-refractivity contribution in [2.24, 2.45) is 5.73 Å². The first-order chi connectivity index (χ1) is 8.22. The Balaban J connectivity index is 2.05. The molecule has 1 aromatic heterocycles. The normalized spacial score (nSPS) is 17.4. The van der Waals surface area contributed by atoms with Crippen molar-refractivity contribution < 1.29 is 4.79 Å². The predicted molar refractivity (Wildman–Crippen MR) is 70.9 cm³/mol. The van der Waals surface area contributed by atoms with E-state index >= 15 is 0 Å². The summed E-state index contributed by atoms with van der Waals surface area (Å²) in [7, 11) is 0. The van der Waals surface area contributed by atoms with Crippen LogP contribution in [-0.2, 0) is 17.8 Å². The highest BCUT2D eigenvalue weighted by Crippen LogP contribution is 2.24. The Kier molecular flexibility index (Phi) is 4.18. The molecule has 1 aliphatic rings. The van der Waals surface area contributed by atoms with E-state index in [0.717, 1.165) is 38.8 Å². The van der Waals surface area contributed by atoms with Crippen LogP contribution in [0.4, 0.5) is 0 Å². The molecule has 0 bridgehead atoms. The molecule has 2 N–H and O–H groups in total. The molecule has 3 nitrogen and oxygen atoms in total. The molecule has 0 spiro atoms. The van der Waals surface area contributed by atoms with E-state index in [1.165, 1.54) is 10.4 Å². The number of hydrogen-bond acceptors (Lipinski definition) is 3. The van der Waals surface area contributed by atoms with Gasteiger partial charge in [-0.1, -0.05) is 13.3 Å². The maximum absolute atomic E-state index is 12.2. The van der Waals surface area contributed by atoms with Gasteiger partial charge in [0.05, 0.1) is 6.04 Å². The number of amides is 1. The van der Waals surface area contributed by atoms with E-state index in [1.807, 2.05) is 4.90 Å². The first-order valence-corrected chi connectivity index (χ1v) is 7.20. The van der Waals surface area contributed by atoms with Crippen molar-refractivity contribution in [2.75, 3.05) is 6.54 Å². The molecule has 0 aliphatic carbocycles. The molecular formula is C13H20N2OS. The molecule has 94 valence electrons. The average molecular weight is 252 g/mol. The lowest BCUT2D eigenvalue weighted by atomic mass is 10.1. The molecule has 0 saturated heterocycles. The standard InChI is InChI=1S/C13H20N2OS/c1-2-4-11(14)13(16)15-7-3-5-12-10(9-15)6-8-17-12/h6,8,11H,2-5,7,9,14H2,1H3/t11-/m0/s1. The molecule has 0 radical (unpaired) electrons. The molecule has 0 saturated carbocycles. The summed E-state index contributed by atoms with van der Waals surface area (Å²) in [5, 5.41) is 2.12. The number of aryl methyl sites for hydroxylation is 1. The number of fused-ring (bicyclic) bond motifs is 1. The zero-order valence-electron chi connectivity index (χ0n) is 10.3. The Labute approximate surface area is 107 Å². The summed E-state index contributed by atoms with van der Waals surface area (Å²) in [4.78, 5) is 15.5. The van der Waals surface area contributed by atoms with E-state index in [1.54, 1.807) is 11.3 Å². The summed E-state index contributed by atoms with van der Waals surface area (Å²) < 4.78 is 0. The molecule has 2 rings (SSSR count). The van der Waals surface area contributed by atoms with E-state index in [-0.39, 0.29) is 11.9 Å². The summed E-state index contributed by atoms with van der Waals surface area (Å²) >= 11 is 1.80. The van der Waals surface area contributed by atoms with Crippen LogP contribution in [0.1, 0.15) is 36.6 Å². The van der Waals surface area contributed by atoms with E-state index in [2.05, 4.69) is 18.4 Å². The Hall–Kier alpha value is -0.870. The van der Waals surface area contributed by atoms with Crippen LogP contribution in [0.3, 0.4) is 0 Å². The molecule has 0 unspecified atom stereocenters. The number of hydrogen-bond donors (Lipinski definition) is 1. The quantitative estimate of drug-likeness (QED) is 0.896. The number of rotatable bonds is 3. The highest BCUT2D eigenvalue weighted by Gasteiger charge is 2.23. The fraction of sp³-hybridized carbons (Fsp3) is 0.615. The molecule has 1 aliphatic heterocycles. The molecule has 1 aromatic rings. The van der Waals surface area contributed by atoms with Crippen LogP contribution < -0.4 is 5.73 Å². The van der Waals surface area contributed by atoms with Crippen molar-refractivity contribution in [3.05, 3.63) is 21.9 Å². The largest absolute Gasteiger partial charge is 0.337 e. The molecule has 4 heteroatoms. The van der Waals surface area contributed by atoms with Gasteiger partial charge in [-0.15, -0.1) is 11.3 Å². The molecule has 1 atom stereocenters. The van der Waals surface area contributed by atoms with Gasteiger partial charge in [0.25, 0.3) is 0 Å². The van der Waals surface area contributed by atoms with Crippen molar-refractivity contribution in [1.82, 2.24) is 4.90 Å². The fourth-order valence-electron chi connectivity index (χ4n) is 2.30. The third kappa shape index (κ3) is 2.87. The Morgan fingerprint density at radius 1 is 1.65 bits per heavy atom. The fourth-order valence-corrected chi connectivity index (χ4v) is 3.24. The second kappa shape index (κ2) is 5.65. The lowest BCUT2D eigenvalue weighted by Gasteiger charge is -2.24. The van der Waals surface area contributed by atoms with Crippen molar-refractivity contribution in [3.63, 3.8) is 0 Å². The number of carbonyl (C=O) groups is 1. The zero-order chi connectivity index (χ0) is 12.3. The number of nitrogens with zero attached hydrogens (tertiary/aromatic N) is 1. The van der Waals surface area contributed by atoms with Gasteiger partial charge >= 0.3 is 0 Å².